The maximum atomic E-state index is 5.83. The molecule has 5 nitrogen and oxygen atoms in total. The molecule has 6 heteroatoms. The predicted molar refractivity (Wildman–Crippen MR) is 102 cm³/mol. The first-order chi connectivity index (χ1) is 12.2. The highest BCUT2D eigenvalue weighted by molar-refractivity contribution is 6.29. The molecule has 2 aromatic rings. The van der Waals surface area contributed by atoms with Crippen LogP contribution in [0.4, 0.5) is 5.82 Å². The molecule has 1 aliphatic heterocycles. The summed E-state index contributed by atoms with van der Waals surface area (Å²) in [6.45, 7) is 7.99. The van der Waals surface area contributed by atoms with Gasteiger partial charge in [-0.3, -0.25) is 4.90 Å². The number of anilines is 1. The molecule has 0 unspecified atom stereocenters. The Kier molecular flexibility index (Phi) is 6.48. The number of aromatic nitrogens is 2. The van der Waals surface area contributed by atoms with Crippen molar-refractivity contribution >= 4 is 17.4 Å². The van der Waals surface area contributed by atoms with Gasteiger partial charge in [0.25, 0.3) is 0 Å². The molecule has 134 valence electrons. The predicted octanol–water partition coefficient (Wildman–Crippen LogP) is 3.28. The molecule has 2 heterocycles. The van der Waals surface area contributed by atoms with Crippen molar-refractivity contribution < 1.29 is 4.74 Å². The fourth-order valence-corrected chi connectivity index (χ4v) is 3.08. The van der Waals surface area contributed by atoms with Gasteiger partial charge in [-0.25, -0.2) is 0 Å². The molecule has 0 saturated carbocycles. The molecular weight excluding hydrogens is 336 g/mol. The van der Waals surface area contributed by atoms with Gasteiger partial charge in [0.15, 0.2) is 11.0 Å². The topological polar surface area (TPSA) is 41.5 Å². The number of benzene rings is 1. The van der Waals surface area contributed by atoms with E-state index < -0.39 is 0 Å². The van der Waals surface area contributed by atoms with Crippen LogP contribution in [0.15, 0.2) is 36.4 Å². The van der Waals surface area contributed by atoms with Crippen molar-refractivity contribution in [2.24, 2.45) is 0 Å². The van der Waals surface area contributed by atoms with Gasteiger partial charge >= 0.3 is 0 Å². The van der Waals surface area contributed by atoms with Gasteiger partial charge in [-0.2, -0.15) is 0 Å². The summed E-state index contributed by atoms with van der Waals surface area (Å²) >= 11 is 5.79. The van der Waals surface area contributed by atoms with Crippen LogP contribution in [0, 0.1) is 0 Å². The van der Waals surface area contributed by atoms with Crippen LogP contribution < -0.4 is 9.64 Å². The number of ether oxygens (including phenoxy) is 1. The van der Waals surface area contributed by atoms with Crippen LogP contribution in [0.1, 0.15) is 18.9 Å². The van der Waals surface area contributed by atoms with Gasteiger partial charge in [-0.15, -0.1) is 10.2 Å². The lowest BCUT2D eigenvalue weighted by atomic mass is 10.2. The number of aryl methyl sites for hydroxylation is 1. The number of hydrogen-bond acceptors (Lipinski definition) is 5. The van der Waals surface area contributed by atoms with Crippen molar-refractivity contribution in [1.82, 2.24) is 15.1 Å². The van der Waals surface area contributed by atoms with E-state index in [1.54, 1.807) is 6.07 Å². The molecule has 0 aliphatic carbocycles. The van der Waals surface area contributed by atoms with E-state index in [0.29, 0.717) is 5.15 Å². The second-order valence-corrected chi connectivity index (χ2v) is 6.63. The summed E-state index contributed by atoms with van der Waals surface area (Å²) in [6, 6.07) is 12.1. The van der Waals surface area contributed by atoms with E-state index in [0.717, 1.165) is 63.7 Å². The quantitative estimate of drug-likeness (QED) is 0.709. The normalized spacial score (nSPS) is 15.4. The van der Waals surface area contributed by atoms with Crippen molar-refractivity contribution in [1.29, 1.82) is 0 Å². The summed E-state index contributed by atoms with van der Waals surface area (Å²) in [7, 11) is 0. The van der Waals surface area contributed by atoms with E-state index in [9.17, 15) is 0 Å². The highest BCUT2D eigenvalue weighted by atomic mass is 35.5. The zero-order valence-electron chi connectivity index (χ0n) is 14.7. The van der Waals surface area contributed by atoms with Crippen molar-refractivity contribution in [3.8, 4) is 5.75 Å². The summed E-state index contributed by atoms with van der Waals surface area (Å²) in [5, 5.41) is 8.51. The van der Waals surface area contributed by atoms with Crippen molar-refractivity contribution in [3.05, 3.63) is 47.1 Å². The van der Waals surface area contributed by atoms with Gasteiger partial charge < -0.3 is 9.64 Å². The summed E-state index contributed by atoms with van der Waals surface area (Å²) in [4.78, 5) is 4.73. The molecule has 0 spiro atoms. The Morgan fingerprint density at radius 1 is 1.00 bits per heavy atom. The van der Waals surface area contributed by atoms with Gasteiger partial charge in [0.05, 0.1) is 6.61 Å². The van der Waals surface area contributed by atoms with Crippen LogP contribution in [0.2, 0.25) is 5.15 Å². The summed E-state index contributed by atoms with van der Waals surface area (Å²) in [5.74, 6) is 1.87. The number of hydrogen-bond donors (Lipinski definition) is 0. The Morgan fingerprint density at radius 2 is 1.76 bits per heavy atom. The second-order valence-electron chi connectivity index (χ2n) is 6.24. The van der Waals surface area contributed by atoms with Crippen molar-refractivity contribution in [2.45, 2.75) is 19.8 Å². The van der Waals surface area contributed by atoms with Crippen LogP contribution in [0.25, 0.3) is 0 Å². The first-order valence-electron chi connectivity index (χ1n) is 8.93. The maximum Gasteiger partial charge on any atom is 0.151 e. The Hall–Kier alpha value is -1.85. The van der Waals surface area contributed by atoms with Crippen molar-refractivity contribution in [3.63, 3.8) is 0 Å². The fourth-order valence-electron chi connectivity index (χ4n) is 2.98. The summed E-state index contributed by atoms with van der Waals surface area (Å²) < 4.78 is 5.83. The maximum absolute atomic E-state index is 5.83. The second kappa shape index (κ2) is 9.02. The molecule has 0 N–H and O–H groups in total. The Morgan fingerprint density at radius 3 is 2.40 bits per heavy atom. The Balaban J connectivity index is 1.34. The minimum atomic E-state index is 0.437. The molecule has 3 rings (SSSR count). The average Bonchev–Trinajstić information content (AvgIpc) is 2.67. The van der Waals surface area contributed by atoms with Crippen LogP contribution >= 0.6 is 11.6 Å². The monoisotopic (exact) mass is 360 g/mol. The molecule has 1 aliphatic rings. The van der Waals surface area contributed by atoms with E-state index in [1.165, 1.54) is 5.56 Å². The van der Waals surface area contributed by atoms with E-state index in [1.807, 2.05) is 6.07 Å². The Bertz CT molecular complexity index is 639. The number of piperazine rings is 1. The van der Waals surface area contributed by atoms with Crippen LogP contribution in [-0.2, 0) is 6.42 Å². The third-order valence-electron chi connectivity index (χ3n) is 4.53. The molecule has 1 aromatic carbocycles. The zero-order valence-corrected chi connectivity index (χ0v) is 15.5. The standard InChI is InChI=1S/C19H25ClN4O/c1-2-16-4-6-17(7-5-16)25-15-3-10-23-11-13-24(14-12-23)19-9-8-18(20)21-22-19/h4-9H,2-3,10-15H2,1H3. The highest BCUT2D eigenvalue weighted by Crippen LogP contribution is 2.15. The van der Waals surface area contributed by atoms with Crippen molar-refractivity contribution in [2.75, 3.05) is 44.2 Å². The van der Waals surface area contributed by atoms with Crippen LogP contribution in [0.5, 0.6) is 5.75 Å². The highest BCUT2D eigenvalue weighted by Gasteiger charge is 2.17. The molecule has 1 fully saturated rings. The van der Waals surface area contributed by atoms with E-state index in [-0.39, 0.29) is 0 Å². The molecule has 0 bridgehead atoms. The molecule has 1 saturated heterocycles. The van der Waals surface area contributed by atoms with Gasteiger partial charge in [-0.1, -0.05) is 30.7 Å². The summed E-state index contributed by atoms with van der Waals surface area (Å²) in [5.41, 5.74) is 1.34. The lowest BCUT2D eigenvalue weighted by Crippen LogP contribution is -2.47. The number of halogens is 1. The minimum absolute atomic E-state index is 0.437. The van der Waals surface area contributed by atoms with Gasteiger partial charge in [0.2, 0.25) is 0 Å². The smallest absolute Gasteiger partial charge is 0.151 e. The lowest BCUT2D eigenvalue weighted by molar-refractivity contribution is 0.224. The van der Waals surface area contributed by atoms with E-state index in [2.05, 4.69) is 51.2 Å². The van der Waals surface area contributed by atoms with Crippen LogP contribution in [-0.4, -0.2) is 54.4 Å². The Labute approximate surface area is 154 Å². The summed E-state index contributed by atoms with van der Waals surface area (Å²) in [6.07, 6.45) is 2.10. The lowest BCUT2D eigenvalue weighted by Gasteiger charge is -2.35. The third-order valence-corrected chi connectivity index (χ3v) is 4.73. The first-order valence-corrected chi connectivity index (χ1v) is 9.30. The van der Waals surface area contributed by atoms with Gasteiger partial charge in [0, 0.05) is 32.7 Å². The molecule has 1 aromatic heterocycles. The third kappa shape index (κ3) is 5.31. The SMILES string of the molecule is CCc1ccc(OCCCN2CCN(c3ccc(Cl)nn3)CC2)cc1. The van der Waals surface area contributed by atoms with Gasteiger partial charge in [0.1, 0.15) is 5.75 Å². The first kappa shape index (κ1) is 18.0. The fraction of sp³-hybridized carbons (Fsp3) is 0.474. The van der Waals surface area contributed by atoms with Crippen LogP contribution in [0.3, 0.4) is 0 Å². The minimum Gasteiger partial charge on any atom is -0.494 e. The molecule has 0 radical (unpaired) electrons. The largest absolute Gasteiger partial charge is 0.494 e. The zero-order chi connectivity index (χ0) is 17.5. The molecule has 0 atom stereocenters. The molecular formula is C19H25ClN4O. The van der Waals surface area contributed by atoms with E-state index in [4.69, 9.17) is 16.3 Å². The molecule has 25 heavy (non-hydrogen) atoms. The van der Waals surface area contributed by atoms with E-state index >= 15 is 0 Å². The molecule has 0 amide bonds. The number of rotatable bonds is 7. The number of nitrogens with zero attached hydrogens (tertiary/aromatic N) is 4. The average molecular weight is 361 g/mol. The van der Waals surface area contributed by atoms with Gasteiger partial charge in [-0.05, 0) is 42.7 Å².